The molecule has 4 nitrogen and oxygen atoms in total. The van der Waals surface area contributed by atoms with Crippen molar-refractivity contribution in [2.45, 2.75) is 19.5 Å². The van der Waals surface area contributed by atoms with Crippen LogP contribution in [0.1, 0.15) is 16.8 Å². The molecule has 1 aliphatic heterocycles. The van der Waals surface area contributed by atoms with Crippen LogP contribution in [-0.4, -0.2) is 21.4 Å². The minimum Gasteiger partial charge on any atom is -0.306 e. The fourth-order valence-electron chi connectivity index (χ4n) is 3.26. The van der Waals surface area contributed by atoms with Crippen molar-refractivity contribution in [3.63, 3.8) is 0 Å². The Labute approximate surface area is 159 Å². The first-order valence-corrected chi connectivity index (χ1v) is 8.91. The van der Waals surface area contributed by atoms with Crippen molar-refractivity contribution in [1.82, 2.24) is 14.9 Å². The molecule has 0 spiro atoms. The highest BCUT2D eigenvalue weighted by Gasteiger charge is 2.22. The number of hydrogen-bond acceptors (Lipinski definition) is 3. The van der Waals surface area contributed by atoms with E-state index < -0.39 is 11.6 Å². The van der Waals surface area contributed by atoms with E-state index in [-0.39, 0.29) is 5.56 Å². The number of halogens is 3. The predicted octanol–water partition coefficient (Wildman–Crippen LogP) is 3.93. The highest BCUT2D eigenvalue weighted by Crippen LogP contribution is 2.21. The first-order chi connectivity index (χ1) is 13.0. The minimum absolute atomic E-state index is 0.181. The second kappa shape index (κ2) is 7.21. The molecule has 0 saturated carbocycles. The molecule has 0 saturated heterocycles. The molecular weight excluding hydrogens is 372 g/mol. The maximum Gasteiger partial charge on any atom is 0.255 e. The van der Waals surface area contributed by atoms with Gasteiger partial charge in [-0.3, -0.25) is 9.69 Å². The molecule has 138 valence electrons. The van der Waals surface area contributed by atoms with Crippen LogP contribution in [0, 0.1) is 11.6 Å². The molecule has 0 unspecified atom stereocenters. The summed E-state index contributed by atoms with van der Waals surface area (Å²) >= 11 is 5.90. The molecule has 2 heterocycles. The molecule has 0 atom stereocenters. The summed E-state index contributed by atoms with van der Waals surface area (Å²) in [4.78, 5) is 22.0. The van der Waals surface area contributed by atoms with Gasteiger partial charge in [-0.2, -0.15) is 0 Å². The van der Waals surface area contributed by atoms with Crippen molar-refractivity contribution < 1.29 is 8.78 Å². The SMILES string of the molecule is O=c1[nH]c(-c2ccc(Cl)cc2)nc2c1CN(Cc1ccc(F)c(F)c1)CC2. The lowest BCUT2D eigenvalue weighted by Gasteiger charge is -2.27. The summed E-state index contributed by atoms with van der Waals surface area (Å²) in [5, 5.41) is 0.618. The van der Waals surface area contributed by atoms with E-state index in [1.54, 1.807) is 18.2 Å². The summed E-state index contributed by atoms with van der Waals surface area (Å²) < 4.78 is 26.5. The molecule has 1 aromatic heterocycles. The van der Waals surface area contributed by atoms with E-state index in [9.17, 15) is 13.6 Å². The third-order valence-electron chi connectivity index (χ3n) is 4.66. The summed E-state index contributed by atoms with van der Waals surface area (Å²) in [5.41, 5.74) is 2.66. The molecule has 3 aromatic rings. The van der Waals surface area contributed by atoms with Gasteiger partial charge in [-0.25, -0.2) is 13.8 Å². The number of aromatic nitrogens is 2. The Kier molecular flexibility index (Phi) is 4.76. The van der Waals surface area contributed by atoms with Gasteiger partial charge in [0.15, 0.2) is 11.6 Å². The van der Waals surface area contributed by atoms with Crippen LogP contribution in [-0.2, 0) is 19.5 Å². The highest BCUT2D eigenvalue weighted by molar-refractivity contribution is 6.30. The van der Waals surface area contributed by atoms with Crippen molar-refractivity contribution >= 4 is 11.6 Å². The second-order valence-corrected chi connectivity index (χ2v) is 6.99. The van der Waals surface area contributed by atoms with Crippen LogP contribution in [0.25, 0.3) is 11.4 Å². The maximum atomic E-state index is 13.4. The fraction of sp³-hybridized carbons (Fsp3) is 0.200. The first-order valence-electron chi connectivity index (χ1n) is 8.54. The van der Waals surface area contributed by atoms with Crippen molar-refractivity contribution in [1.29, 1.82) is 0 Å². The molecular formula is C20H16ClF2N3O. The quantitative estimate of drug-likeness (QED) is 0.741. The number of benzene rings is 2. The van der Waals surface area contributed by atoms with Gasteiger partial charge in [0.25, 0.3) is 5.56 Å². The monoisotopic (exact) mass is 387 g/mol. The van der Waals surface area contributed by atoms with Gasteiger partial charge in [0.2, 0.25) is 0 Å². The van der Waals surface area contributed by atoms with Gasteiger partial charge in [-0.15, -0.1) is 0 Å². The van der Waals surface area contributed by atoms with Crippen LogP contribution in [0.5, 0.6) is 0 Å². The summed E-state index contributed by atoms with van der Waals surface area (Å²) in [7, 11) is 0. The smallest absolute Gasteiger partial charge is 0.255 e. The Morgan fingerprint density at radius 2 is 1.89 bits per heavy atom. The molecule has 7 heteroatoms. The van der Waals surface area contributed by atoms with Gasteiger partial charge in [0.1, 0.15) is 5.82 Å². The Morgan fingerprint density at radius 3 is 2.63 bits per heavy atom. The van der Waals surface area contributed by atoms with Gasteiger partial charge in [-0.1, -0.05) is 17.7 Å². The van der Waals surface area contributed by atoms with Crippen molar-refractivity contribution in [2.75, 3.05) is 6.54 Å². The van der Waals surface area contributed by atoms with Crippen LogP contribution in [0.2, 0.25) is 5.02 Å². The molecule has 1 N–H and O–H groups in total. The van der Waals surface area contributed by atoms with E-state index in [0.29, 0.717) is 48.0 Å². The number of aromatic amines is 1. The Balaban J connectivity index is 1.57. The third-order valence-corrected chi connectivity index (χ3v) is 4.91. The number of rotatable bonds is 3. The molecule has 0 amide bonds. The third kappa shape index (κ3) is 3.77. The molecule has 0 radical (unpaired) electrons. The first kappa shape index (κ1) is 17.8. The zero-order chi connectivity index (χ0) is 19.0. The fourth-order valence-corrected chi connectivity index (χ4v) is 3.38. The van der Waals surface area contributed by atoms with E-state index >= 15 is 0 Å². The average molecular weight is 388 g/mol. The van der Waals surface area contributed by atoms with Gasteiger partial charge in [0.05, 0.1) is 11.3 Å². The predicted molar refractivity (Wildman–Crippen MR) is 99.5 cm³/mol. The van der Waals surface area contributed by atoms with Crippen LogP contribution in [0.3, 0.4) is 0 Å². The molecule has 0 bridgehead atoms. The zero-order valence-corrected chi connectivity index (χ0v) is 15.1. The summed E-state index contributed by atoms with van der Waals surface area (Å²) in [6.45, 7) is 1.54. The highest BCUT2D eigenvalue weighted by atomic mass is 35.5. The van der Waals surface area contributed by atoms with Crippen molar-refractivity contribution in [3.8, 4) is 11.4 Å². The van der Waals surface area contributed by atoms with Crippen LogP contribution in [0.4, 0.5) is 8.78 Å². The van der Waals surface area contributed by atoms with Gasteiger partial charge in [0, 0.05) is 36.6 Å². The number of nitrogens with one attached hydrogen (secondary N) is 1. The molecule has 27 heavy (non-hydrogen) atoms. The number of nitrogens with zero attached hydrogens (tertiary/aromatic N) is 2. The van der Waals surface area contributed by atoms with Crippen molar-refractivity contribution in [3.05, 3.63) is 86.3 Å². The topological polar surface area (TPSA) is 49.0 Å². The molecule has 1 aliphatic rings. The lowest BCUT2D eigenvalue weighted by Crippen LogP contribution is -2.35. The maximum absolute atomic E-state index is 13.4. The number of hydrogen-bond donors (Lipinski definition) is 1. The molecule has 2 aromatic carbocycles. The van der Waals surface area contributed by atoms with Gasteiger partial charge in [-0.05, 0) is 42.0 Å². The molecule has 4 rings (SSSR count). The number of fused-ring (bicyclic) bond motifs is 1. The Bertz CT molecular complexity index is 1050. The molecule has 0 fully saturated rings. The van der Waals surface area contributed by atoms with Gasteiger partial charge < -0.3 is 4.98 Å². The minimum atomic E-state index is -0.864. The van der Waals surface area contributed by atoms with E-state index in [1.807, 2.05) is 17.0 Å². The Hall–Kier alpha value is -2.57. The standard InChI is InChI=1S/C20H16ClF2N3O/c21-14-4-2-13(3-5-14)19-24-18-7-8-26(11-15(18)20(27)25-19)10-12-1-6-16(22)17(23)9-12/h1-6,9H,7-8,10-11H2,(H,24,25,27). The van der Waals surface area contributed by atoms with Gasteiger partial charge >= 0.3 is 0 Å². The van der Waals surface area contributed by atoms with E-state index in [0.717, 1.165) is 17.3 Å². The lowest BCUT2D eigenvalue weighted by atomic mass is 10.1. The zero-order valence-electron chi connectivity index (χ0n) is 14.3. The number of H-pyrrole nitrogens is 1. The lowest BCUT2D eigenvalue weighted by molar-refractivity contribution is 0.241. The summed E-state index contributed by atoms with van der Waals surface area (Å²) in [5.74, 6) is -1.21. The largest absolute Gasteiger partial charge is 0.306 e. The molecule has 0 aliphatic carbocycles. The summed E-state index contributed by atoms with van der Waals surface area (Å²) in [6.07, 6.45) is 0.615. The van der Waals surface area contributed by atoms with Crippen LogP contribution < -0.4 is 5.56 Å². The average Bonchev–Trinajstić information content (AvgIpc) is 2.66. The normalized spacial score (nSPS) is 14.2. The van der Waals surface area contributed by atoms with E-state index in [2.05, 4.69) is 9.97 Å². The van der Waals surface area contributed by atoms with Crippen LogP contribution >= 0.6 is 11.6 Å². The van der Waals surface area contributed by atoms with Crippen LogP contribution in [0.15, 0.2) is 47.3 Å². The second-order valence-electron chi connectivity index (χ2n) is 6.56. The summed E-state index contributed by atoms with van der Waals surface area (Å²) in [6, 6.07) is 11.0. The Morgan fingerprint density at radius 1 is 1.11 bits per heavy atom. The van der Waals surface area contributed by atoms with E-state index in [1.165, 1.54) is 6.07 Å². The van der Waals surface area contributed by atoms with Crippen molar-refractivity contribution in [2.24, 2.45) is 0 Å². The van der Waals surface area contributed by atoms with E-state index in [4.69, 9.17) is 11.6 Å².